The van der Waals surface area contributed by atoms with Crippen molar-refractivity contribution >= 4 is 16.9 Å². The van der Waals surface area contributed by atoms with Gasteiger partial charge in [-0.25, -0.2) is 0 Å². The number of hydrogen-bond acceptors (Lipinski definition) is 3. The van der Waals surface area contributed by atoms with Gasteiger partial charge in [-0.2, -0.15) is 0 Å². The number of nitrogens with one attached hydrogen (secondary N) is 2. The molecule has 2 N–H and O–H groups in total. The van der Waals surface area contributed by atoms with E-state index in [0.717, 1.165) is 49.8 Å². The molecule has 1 aliphatic rings. The van der Waals surface area contributed by atoms with Crippen molar-refractivity contribution in [1.82, 2.24) is 15.5 Å². The van der Waals surface area contributed by atoms with E-state index >= 15 is 0 Å². The third kappa shape index (κ3) is 4.80. The molecule has 29 heavy (non-hydrogen) atoms. The molecule has 1 aromatic heterocycles. The number of guanidine groups is 1. The lowest BCUT2D eigenvalue weighted by Crippen LogP contribution is -2.48. The number of hydrogen-bond donors (Lipinski definition) is 2. The molecule has 1 saturated heterocycles. The fraction of sp³-hybridized carbons (Fsp3) is 0.375. The van der Waals surface area contributed by atoms with E-state index in [9.17, 15) is 0 Å². The molecule has 1 fully saturated rings. The number of nitrogens with zero attached hydrogens (tertiary/aromatic N) is 2. The van der Waals surface area contributed by atoms with Gasteiger partial charge >= 0.3 is 0 Å². The summed E-state index contributed by atoms with van der Waals surface area (Å²) in [5.41, 5.74) is 3.52. The lowest BCUT2D eigenvalue weighted by molar-refractivity contribution is 0.198. The zero-order valence-corrected chi connectivity index (χ0v) is 17.3. The van der Waals surface area contributed by atoms with Gasteiger partial charge < -0.3 is 15.1 Å². The molecule has 4 rings (SSSR count). The highest BCUT2D eigenvalue weighted by molar-refractivity contribution is 5.83. The summed E-state index contributed by atoms with van der Waals surface area (Å²) < 4.78 is 6.00. The van der Waals surface area contributed by atoms with Crippen molar-refractivity contribution in [2.24, 2.45) is 4.99 Å². The van der Waals surface area contributed by atoms with Gasteiger partial charge in [0.2, 0.25) is 0 Å². The normalized spacial score (nSPS) is 16.3. The first-order chi connectivity index (χ1) is 14.2. The van der Waals surface area contributed by atoms with Crippen LogP contribution in [0.5, 0.6) is 0 Å². The fourth-order valence-electron chi connectivity index (χ4n) is 4.02. The average Bonchev–Trinajstić information content (AvgIpc) is 3.09. The van der Waals surface area contributed by atoms with Crippen LogP contribution in [0, 0.1) is 6.92 Å². The Kier molecular flexibility index (Phi) is 6.15. The van der Waals surface area contributed by atoms with Crippen molar-refractivity contribution in [3.8, 4) is 0 Å². The fourth-order valence-corrected chi connectivity index (χ4v) is 4.02. The lowest BCUT2D eigenvalue weighted by Gasteiger charge is -2.33. The first-order valence-electron chi connectivity index (χ1n) is 10.4. The second kappa shape index (κ2) is 9.14. The largest absolute Gasteiger partial charge is 0.459 e. The van der Waals surface area contributed by atoms with Crippen molar-refractivity contribution in [1.29, 1.82) is 0 Å². The quantitative estimate of drug-likeness (QED) is 0.509. The molecule has 0 aliphatic carbocycles. The average molecular weight is 391 g/mol. The number of rotatable bonds is 5. The Labute approximate surface area is 172 Å². The molecule has 5 heteroatoms. The van der Waals surface area contributed by atoms with Crippen molar-refractivity contribution < 1.29 is 4.42 Å². The SMILES string of the molecule is CN=C(NCc1oc2ccccc2c1C)NC1CCN(Cc2ccccc2)CC1. The first kappa shape index (κ1) is 19.5. The van der Waals surface area contributed by atoms with E-state index in [-0.39, 0.29) is 0 Å². The van der Waals surface area contributed by atoms with E-state index in [4.69, 9.17) is 4.42 Å². The summed E-state index contributed by atoms with van der Waals surface area (Å²) in [4.78, 5) is 6.94. The number of aliphatic imine (C=N–C) groups is 1. The number of aryl methyl sites for hydroxylation is 1. The highest BCUT2D eigenvalue weighted by Gasteiger charge is 2.20. The van der Waals surface area contributed by atoms with Gasteiger partial charge in [0.1, 0.15) is 11.3 Å². The summed E-state index contributed by atoms with van der Waals surface area (Å²) in [6, 6.07) is 19.3. The molecule has 0 amide bonds. The monoisotopic (exact) mass is 390 g/mol. The van der Waals surface area contributed by atoms with Gasteiger partial charge in [-0.15, -0.1) is 0 Å². The van der Waals surface area contributed by atoms with E-state index in [1.165, 1.54) is 16.5 Å². The third-order valence-electron chi connectivity index (χ3n) is 5.76. The molecule has 1 aliphatic heterocycles. The maximum absolute atomic E-state index is 6.00. The molecule has 0 spiro atoms. The van der Waals surface area contributed by atoms with Crippen molar-refractivity contribution in [2.75, 3.05) is 20.1 Å². The molecule has 2 heterocycles. The molecule has 2 aromatic carbocycles. The summed E-state index contributed by atoms with van der Waals surface area (Å²) in [5.74, 6) is 1.80. The first-order valence-corrected chi connectivity index (χ1v) is 10.4. The number of benzene rings is 2. The van der Waals surface area contributed by atoms with Gasteiger partial charge in [0.15, 0.2) is 5.96 Å². The standard InChI is InChI=1S/C24H30N4O/c1-18-21-10-6-7-11-22(21)29-23(18)16-26-24(25-2)27-20-12-14-28(15-13-20)17-19-8-4-3-5-9-19/h3-11,20H,12-17H2,1-2H3,(H2,25,26,27). The van der Waals surface area contributed by atoms with Crippen molar-refractivity contribution in [2.45, 2.75) is 38.9 Å². The third-order valence-corrected chi connectivity index (χ3v) is 5.76. The molecule has 3 aromatic rings. The second-order valence-corrected chi connectivity index (χ2v) is 7.75. The molecular formula is C24H30N4O. The second-order valence-electron chi connectivity index (χ2n) is 7.75. The Morgan fingerprint density at radius 2 is 1.79 bits per heavy atom. The van der Waals surface area contributed by atoms with E-state index < -0.39 is 0 Å². The van der Waals surface area contributed by atoms with Gasteiger partial charge in [-0.3, -0.25) is 9.89 Å². The van der Waals surface area contributed by atoms with E-state index in [0.29, 0.717) is 12.6 Å². The van der Waals surface area contributed by atoms with Crippen LogP contribution in [-0.2, 0) is 13.1 Å². The minimum atomic E-state index is 0.449. The Morgan fingerprint density at radius 1 is 1.07 bits per heavy atom. The molecule has 5 nitrogen and oxygen atoms in total. The van der Waals surface area contributed by atoms with Crippen molar-refractivity contribution in [3.63, 3.8) is 0 Å². The maximum atomic E-state index is 6.00. The van der Waals surface area contributed by atoms with Gasteiger partial charge in [-0.1, -0.05) is 48.5 Å². The van der Waals surface area contributed by atoms with Crippen LogP contribution in [0.15, 0.2) is 64.0 Å². The predicted molar refractivity (Wildman–Crippen MR) is 119 cm³/mol. The molecule has 0 radical (unpaired) electrons. The molecule has 0 bridgehead atoms. The molecule has 0 unspecified atom stereocenters. The summed E-state index contributed by atoms with van der Waals surface area (Å²) in [6.45, 7) is 5.98. The Balaban J connectivity index is 1.27. The van der Waals surface area contributed by atoms with Crippen LogP contribution in [0.3, 0.4) is 0 Å². The maximum Gasteiger partial charge on any atom is 0.191 e. The zero-order valence-electron chi connectivity index (χ0n) is 17.3. The van der Waals surface area contributed by atoms with Gasteiger partial charge in [-0.05, 0) is 31.4 Å². The minimum absolute atomic E-state index is 0.449. The van der Waals surface area contributed by atoms with E-state index in [2.05, 4.69) is 63.8 Å². The number of likely N-dealkylation sites (tertiary alicyclic amines) is 1. The van der Waals surface area contributed by atoms with Gasteiger partial charge in [0.25, 0.3) is 0 Å². The Bertz CT molecular complexity index is 955. The van der Waals surface area contributed by atoms with Crippen LogP contribution in [0.25, 0.3) is 11.0 Å². The van der Waals surface area contributed by atoms with Crippen LogP contribution in [0.1, 0.15) is 29.7 Å². The summed E-state index contributed by atoms with van der Waals surface area (Å²) in [6.07, 6.45) is 2.24. The topological polar surface area (TPSA) is 52.8 Å². The van der Waals surface area contributed by atoms with Crippen LogP contribution >= 0.6 is 0 Å². The number of piperidine rings is 1. The Morgan fingerprint density at radius 3 is 2.52 bits per heavy atom. The molecule has 152 valence electrons. The summed E-state index contributed by atoms with van der Waals surface area (Å²) in [7, 11) is 1.82. The van der Waals surface area contributed by atoms with Crippen LogP contribution < -0.4 is 10.6 Å². The van der Waals surface area contributed by atoms with Crippen LogP contribution in [-0.4, -0.2) is 37.0 Å². The number of para-hydroxylation sites is 1. The van der Waals surface area contributed by atoms with Gasteiger partial charge in [0.05, 0.1) is 6.54 Å². The molecule has 0 saturated carbocycles. The van der Waals surface area contributed by atoms with Crippen LogP contribution in [0.4, 0.5) is 0 Å². The summed E-state index contributed by atoms with van der Waals surface area (Å²) in [5, 5.41) is 8.18. The highest BCUT2D eigenvalue weighted by atomic mass is 16.3. The number of furan rings is 1. The van der Waals surface area contributed by atoms with Crippen molar-refractivity contribution in [3.05, 3.63) is 71.5 Å². The van der Waals surface area contributed by atoms with E-state index in [1.54, 1.807) is 0 Å². The zero-order chi connectivity index (χ0) is 20.1. The van der Waals surface area contributed by atoms with Crippen LogP contribution in [0.2, 0.25) is 0 Å². The van der Waals surface area contributed by atoms with E-state index in [1.807, 2.05) is 25.2 Å². The lowest BCUT2D eigenvalue weighted by atomic mass is 10.0. The smallest absolute Gasteiger partial charge is 0.191 e. The molecule has 0 atom stereocenters. The number of fused-ring (bicyclic) bond motifs is 1. The highest BCUT2D eigenvalue weighted by Crippen LogP contribution is 2.24. The minimum Gasteiger partial charge on any atom is -0.459 e. The predicted octanol–water partition coefficient (Wildman–Crippen LogP) is 4.07. The Hall–Kier alpha value is -2.79. The molecular weight excluding hydrogens is 360 g/mol. The summed E-state index contributed by atoms with van der Waals surface area (Å²) >= 11 is 0. The van der Waals surface area contributed by atoms with Gasteiger partial charge in [0, 0.05) is 43.7 Å².